The van der Waals surface area contributed by atoms with Crippen LogP contribution in [0.2, 0.25) is 0 Å². The zero-order valence-electron chi connectivity index (χ0n) is 10.1. The zero-order valence-corrected chi connectivity index (χ0v) is 11.7. The molecule has 5 nitrogen and oxygen atoms in total. The summed E-state index contributed by atoms with van der Waals surface area (Å²) >= 11 is 3.06. The van der Waals surface area contributed by atoms with Gasteiger partial charge < -0.3 is 4.42 Å². The minimum absolute atomic E-state index is 0.0536. The predicted octanol–water partition coefficient (Wildman–Crippen LogP) is 3.44. The molecule has 1 aromatic carbocycles. The molecule has 0 saturated carbocycles. The zero-order chi connectivity index (χ0) is 13.1. The first-order chi connectivity index (χ1) is 9.33. The summed E-state index contributed by atoms with van der Waals surface area (Å²) < 4.78 is 6.59. The van der Waals surface area contributed by atoms with Crippen molar-refractivity contribution in [3.8, 4) is 11.5 Å². The van der Waals surface area contributed by atoms with Crippen molar-refractivity contribution in [3.05, 3.63) is 41.7 Å². The molecule has 0 saturated heterocycles. The van der Waals surface area contributed by atoms with Crippen LogP contribution in [0, 0.1) is 0 Å². The Labute approximate surface area is 118 Å². The van der Waals surface area contributed by atoms with Crippen molar-refractivity contribution in [1.82, 2.24) is 20.4 Å². The summed E-state index contributed by atoms with van der Waals surface area (Å²) in [6.45, 7) is 2.01. The maximum absolute atomic E-state index is 5.69. The Kier molecular flexibility index (Phi) is 3.56. The van der Waals surface area contributed by atoms with E-state index in [1.807, 2.05) is 37.3 Å². The van der Waals surface area contributed by atoms with Crippen LogP contribution in [0.5, 0.6) is 0 Å². The van der Waals surface area contributed by atoms with Gasteiger partial charge in [-0.1, -0.05) is 41.3 Å². The lowest BCUT2D eigenvalue weighted by Gasteiger charge is -2.01. The largest absolute Gasteiger partial charge is 0.419 e. The van der Waals surface area contributed by atoms with Crippen LogP contribution in [-0.4, -0.2) is 20.4 Å². The van der Waals surface area contributed by atoms with Crippen LogP contribution in [0.15, 0.2) is 44.6 Å². The van der Waals surface area contributed by atoms with E-state index in [2.05, 4.69) is 20.4 Å². The number of rotatable bonds is 4. The standard InChI is InChI=1S/C12H10N4OS2/c1-8(19-12-16-13-7-18-12)10-14-15-11(17-10)9-5-3-2-4-6-9/h2-8H,1H3/t8-/m0/s1. The molecular formula is C12H10N4OS2. The number of benzene rings is 1. The van der Waals surface area contributed by atoms with Gasteiger partial charge in [-0.2, -0.15) is 0 Å². The van der Waals surface area contributed by atoms with Crippen molar-refractivity contribution in [2.24, 2.45) is 0 Å². The topological polar surface area (TPSA) is 64.7 Å². The average molecular weight is 290 g/mol. The van der Waals surface area contributed by atoms with Gasteiger partial charge in [0.15, 0.2) is 4.34 Å². The second-order valence-corrected chi connectivity index (χ2v) is 6.20. The molecule has 96 valence electrons. The van der Waals surface area contributed by atoms with E-state index in [1.54, 1.807) is 17.3 Å². The molecule has 0 spiro atoms. The first-order valence-corrected chi connectivity index (χ1v) is 7.40. The molecule has 0 unspecified atom stereocenters. The van der Waals surface area contributed by atoms with Gasteiger partial charge in [-0.15, -0.1) is 20.4 Å². The third-order valence-corrected chi connectivity index (χ3v) is 4.33. The van der Waals surface area contributed by atoms with Crippen LogP contribution in [0.25, 0.3) is 11.5 Å². The highest BCUT2D eigenvalue weighted by molar-refractivity contribution is 8.01. The van der Waals surface area contributed by atoms with E-state index in [9.17, 15) is 0 Å². The quantitative estimate of drug-likeness (QED) is 0.686. The highest BCUT2D eigenvalue weighted by Crippen LogP contribution is 2.35. The maximum atomic E-state index is 5.69. The van der Waals surface area contributed by atoms with Gasteiger partial charge in [0, 0.05) is 5.56 Å². The fourth-order valence-corrected chi connectivity index (χ4v) is 3.17. The summed E-state index contributed by atoms with van der Waals surface area (Å²) in [5.41, 5.74) is 2.63. The second kappa shape index (κ2) is 5.50. The molecule has 0 aliphatic heterocycles. The monoisotopic (exact) mass is 290 g/mol. The summed E-state index contributed by atoms with van der Waals surface area (Å²) in [5.74, 6) is 1.14. The predicted molar refractivity (Wildman–Crippen MR) is 73.9 cm³/mol. The summed E-state index contributed by atoms with van der Waals surface area (Å²) in [4.78, 5) is 0. The lowest BCUT2D eigenvalue weighted by molar-refractivity contribution is 0.509. The van der Waals surface area contributed by atoms with E-state index in [0.29, 0.717) is 11.8 Å². The molecule has 0 N–H and O–H groups in total. The Balaban J connectivity index is 1.78. The lowest BCUT2D eigenvalue weighted by Crippen LogP contribution is -1.88. The van der Waals surface area contributed by atoms with E-state index in [1.165, 1.54) is 11.3 Å². The molecule has 0 aliphatic carbocycles. The fraction of sp³-hybridized carbons (Fsp3) is 0.167. The summed E-state index contributed by atoms with van der Waals surface area (Å²) in [6.07, 6.45) is 0. The SMILES string of the molecule is C[C@H](Sc1nncs1)c1nnc(-c2ccccc2)o1. The second-order valence-electron chi connectivity index (χ2n) is 3.78. The minimum atomic E-state index is 0.0536. The van der Waals surface area contributed by atoms with Gasteiger partial charge in [0.25, 0.3) is 0 Å². The van der Waals surface area contributed by atoms with Crippen LogP contribution in [0.3, 0.4) is 0 Å². The number of aromatic nitrogens is 4. The number of thioether (sulfide) groups is 1. The molecule has 2 aromatic heterocycles. The van der Waals surface area contributed by atoms with E-state index in [0.717, 1.165) is 9.90 Å². The number of hydrogen-bond acceptors (Lipinski definition) is 7. The van der Waals surface area contributed by atoms with Crippen molar-refractivity contribution < 1.29 is 4.42 Å². The minimum Gasteiger partial charge on any atom is -0.419 e. The summed E-state index contributed by atoms with van der Waals surface area (Å²) in [6, 6.07) is 9.73. The normalized spacial score (nSPS) is 12.5. The first kappa shape index (κ1) is 12.3. The molecule has 3 aromatic rings. The van der Waals surface area contributed by atoms with Gasteiger partial charge in [0.1, 0.15) is 5.51 Å². The lowest BCUT2D eigenvalue weighted by atomic mass is 10.2. The Morgan fingerprint density at radius 2 is 2.00 bits per heavy atom. The van der Waals surface area contributed by atoms with Crippen molar-refractivity contribution in [2.45, 2.75) is 16.5 Å². The van der Waals surface area contributed by atoms with Crippen molar-refractivity contribution >= 4 is 23.1 Å². The molecule has 7 heteroatoms. The molecule has 19 heavy (non-hydrogen) atoms. The molecule has 0 amide bonds. The van der Waals surface area contributed by atoms with E-state index < -0.39 is 0 Å². The van der Waals surface area contributed by atoms with Crippen LogP contribution in [-0.2, 0) is 0 Å². The molecule has 0 fully saturated rings. The molecule has 0 radical (unpaired) electrons. The molecule has 2 heterocycles. The van der Waals surface area contributed by atoms with Crippen molar-refractivity contribution in [1.29, 1.82) is 0 Å². The van der Waals surface area contributed by atoms with Crippen molar-refractivity contribution in [3.63, 3.8) is 0 Å². The van der Waals surface area contributed by atoms with Gasteiger partial charge in [-0.05, 0) is 19.1 Å². The average Bonchev–Trinajstić information content (AvgIpc) is 3.10. The molecule has 0 aliphatic rings. The Morgan fingerprint density at radius 3 is 2.74 bits per heavy atom. The smallest absolute Gasteiger partial charge is 0.247 e. The molecule has 3 rings (SSSR count). The Morgan fingerprint density at radius 1 is 1.16 bits per heavy atom. The van der Waals surface area contributed by atoms with Crippen molar-refractivity contribution in [2.75, 3.05) is 0 Å². The third-order valence-electron chi connectivity index (χ3n) is 2.43. The third kappa shape index (κ3) is 2.82. The molecule has 0 bridgehead atoms. The maximum Gasteiger partial charge on any atom is 0.247 e. The summed E-state index contributed by atoms with van der Waals surface area (Å²) in [7, 11) is 0. The van der Waals surface area contributed by atoms with Crippen LogP contribution in [0.1, 0.15) is 18.1 Å². The van der Waals surface area contributed by atoms with Gasteiger partial charge in [0.05, 0.1) is 5.25 Å². The Hall–Kier alpha value is -1.73. The van der Waals surface area contributed by atoms with Gasteiger partial charge in [-0.25, -0.2) is 0 Å². The fourth-order valence-electron chi connectivity index (χ4n) is 1.51. The molecule has 1 atom stereocenters. The first-order valence-electron chi connectivity index (χ1n) is 5.64. The van der Waals surface area contributed by atoms with E-state index >= 15 is 0 Å². The highest BCUT2D eigenvalue weighted by Gasteiger charge is 2.17. The van der Waals surface area contributed by atoms with Crippen LogP contribution >= 0.6 is 23.1 Å². The van der Waals surface area contributed by atoms with E-state index in [-0.39, 0.29) is 5.25 Å². The summed E-state index contributed by atoms with van der Waals surface area (Å²) in [5, 5.41) is 16.0. The molecular weight excluding hydrogens is 280 g/mol. The van der Waals surface area contributed by atoms with Gasteiger partial charge >= 0.3 is 0 Å². The Bertz CT molecular complexity index is 639. The highest BCUT2D eigenvalue weighted by atomic mass is 32.2. The number of nitrogens with zero attached hydrogens (tertiary/aromatic N) is 4. The van der Waals surface area contributed by atoms with E-state index in [4.69, 9.17) is 4.42 Å². The van der Waals surface area contributed by atoms with Gasteiger partial charge in [-0.3, -0.25) is 0 Å². The van der Waals surface area contributed by atoms with Gasteiger partial charge in [0.2, 0.25) is 11.8 Å². The van der Waals surface area contributed by atoms with Crippen LogP contribution in [0.4, 0.5) is 0 Å². The van der Waals surface area contributed by atoms with Crippen LogP contribution < -0.4 is 0 Å². The number of hydrogen-bond donors (Lipinski definition) is 0.